The van der Waals surface area contributed by atoms with Crippen molar-refractivity contribution in [2.75, 3.05) is 0 Å². The van der Waals surface area contributed by atoms with E-state index in [-0.39, 0.29) is 0 Å². The van der Waals surface area contributed by atoms with Crippen LogP contribution in [0.2, 0.25) is 0 Å². The number of rotatable bonds is 2. The lowest BCUT2D eigenvalue weighted by Crippen LogP contribution is -1.82. The number of hydrogen-bond acceptors (Lipinski definition) is 3. The Bertz CT molecular complexity index is 386. The summed E-state index contributed by atoms with van der Waals surface area (Å²) >= 11 is 7.31. The van der Waals surface area contributed by atoms with Crippen LogP contribution in [-0.2, 0) is 5.88 Å². The first kappa shape index (κ1) is 8.66. The van der Waals surface area contributed by atoms with Gasteiger partial charge in [0.05, 0.1) is 4.88 Å². The van der Waals surface area contributed by atoms with Crippen molar-refractivity contribution in [1.82, 2.24) is 9.97 Å². The molecule has 13 heavy (non-hydrogen) atoms. The molecule has 0 N–H and O–H groups in total. The van der Waals surface area contributed by atoms with Gasteiger partial charge in [-0.05, 0) is 23.1 Å². The Balaban J connectivity index is 2.36. The van der Waals surface area contributed by atoms with E-state index < -0.39 is 0 Å². The summed E-state index contributed by atoms with van der Waals surface area (Å²) < 4.78 is 0. The summed E-state index contributed by atoms with van der Waals surface area (Å²) in [6.45, 7) is 0. The molecule has 0 aliphatic carbocycles. The molecule has 0 aromatic carbocycles. The fourth-order valence-electron chi connectivity index (χ4n) is 0.989. The van der Waals surface area contributed by atoms with Gasteiger partial charge in [-0.2, -0.15) is 0 Å². The second-order valence-electron chi connectivity index (χ2n) is 2.53. The molecule has 2 aromatic heterocycles. The number of alkyl halides is 1. The van der Waals surface area contributed by atoms with E-state index in [2.05, 4.69) is 9.97 Å². The van der Waals surface area contributed by atoms with Gasteiger partial charge in [0.1, 0.15) is 0 Å². The fourth-order valence-corrected chi connectivity index (χ4v) is 2.10. The third kappa shape index (κ3) is 1.87. The first-order valence-electron chi connectivity index (χ1n) is 3.81. The van der Waals surface area contributed by atoms with Gasteiger partial charge in [-0.25, -0.2) is 9.97 Å². The van der Waals surface area contributed by atoms with Crippen LogP contribution in [-0.4, -0.2) is 9.97 Å². The standard InChI is InChI=1S/C9H7ClN2S/c10-5-7-4-8(13-6-7)9-11-2-1-3-12-9/h1-4,6H,5H2. The van der Waals surface area contributed by atoms with E-state index in [0.29, 0.717) is 5.88 Å². The Morgan fingerprint density at radius 3 is 2.69 bits per heavy atom. The molecule has 0 aliphatic heterocycles. The highest BCUT2D eigenvalue weighted by Gasteiger charge is 2.02. The predicted molar refractivity (Wildman–Crippen MR) is 54.9 cm³/mol. The first-order chi connectivity index (χ1) is 6.40. The highest BCUT2D eigenvalue weighted by molar-refractivity contribution is 7.13. The monoisotopic (exact) mass is 210 g/mol. The lowest BCUT2D eigenvalue weighted by atomic mass is 10.3. The molecule has 0 unspecified atom stereocenters. The molecule has 0 aliphatic rings. The molecule has 2 rings (SSSR count). The average Bonchev–Trinajstić information content (AvgIpc) is 2.67. The van der Waals surface area contributed by atoms with Crippen molar-refractivity contribution >= 4 is 22.9 Å². The van der Waals surface area contributed by atoms with E-state index in [1.807, 2.05) is 11.4 Å². The topological polar surface area (TPSA) is 25.8 Å². The summed E-state index contributed by atoms with van der Waals surface area (Å²) in [7, 11) is 0. The van der Waals surface area contributed by atoms with Gasteiger partial charge in [0.25, 0.3) is 0 Å². The molecule has 2 aromatic rings. The van der Waals surface area contributed by atoms with Crippen LogP contribution >= 0.6 is 22.9 Å². The Morgan fingerprint density at radius 1 is 1.31 bits per heavy atom. The number of nitrogens with zero attached hydrogens (tertiary/aromatic N) is 2. The molecule has 0 bridgehead atoms. The molecule has 4 heteroatoms. The Kier molecular flexibility index (Phi) is 2.57. The van der Waals surface area contributed by atoms with Crippen molar-refractivity contribution in [3.8, 4) is 10.7 Å². The summed E-state index contributed by atoms with van der Waals surface area (Å²) in [6.07, 6.45) is 3.48. The van der Waals surface area contributed by atoms with E-state index in [1.54, 1.807) is 29.8 Å². The Labute approximate surface area is 85.2 Å². The van der Waals surface area contributed by atoms with Crippen molar-refractivity contribution in [2.45, 2.75) is 5.88 Å². The van der Waals surface area contributed by atoms with E-state index in [9.17, 15) is 0 Å². The van der Waals surface area contributed by atoms with E-state index in [4.69, 9.17) is 11.6 Å². The zero-order valence-electron chi connectivity index (χ0n) is 6.77. The molecule has 0 atom stereocenters. The summed E-state index contributed by atoms with van der Waals surface area (Å²) in [4.78, 5) is 9.37. The molecule has 0 saturated carbocycles. The van der Waals surface area contributed by atoms with Gasteiger partial charge in [-0.3, -0.25) is 0 Å². The zero-order chi connectivity index (χ0) is 9.10. The first-order valence-corrected chi connectivity index (χ1v) is 5.22. The maximum absolute atomic E-state index is 5.69. The minimum absolute atomic E-state index is 0.545. The lowest BCUT2D eigenvalue weighted by Gasteiger charge is -1.91. The lowest BCUT2D eigenvalue weighted by molar-refractivity contribution is 1.18. The van der Waals surface area contributed by atoms with Gasteiger partial charge in [0.15, 0.2) is 5.82 Å². The van der Waals surface area contributed by atoms with Crippen LogP contribution in [0.5, 0.6) is 0 Å². The summed E-state index contributed by atoms with van der Waals surface area (Å²) in [5.74, 6) is 1.31. The summed E-state index contributed by atoms with van der Waals surface area (Å²) in [5, 5.41) is 2.03. The van der Waals surface area contributed by atoms with E-state index >= 15 is 0 Å². The zero-order valence-corrected chi connectivity index (χ0v) is 8.35. The van der Waals surface area contributed by atoms with Crippen molar-refractivity contribution in [3.63, 3.8) is 0 Å². The maximum atomic E-state index is 5.69. The van der Waals surface area contributed by atoms with Crippen LogP contribution < -0.4 is 0 Å². The average molecular weight is 211 g/mol. The van der Waals surface area contributed by atoms with Crippen LogP contribution in [0.3, 0.4) is 0 Å². The van der Waals surface area contributed by atoms with Gasteiger partial charge in [0.2, 0.25) is 0 Å². The minimum Gasteiger partial charge on any atom is -0.236 e. The molecule has 2 nitrogen and oxygen atoms in total. The molecule has 2 heterocycles. The quantitative estimate of drug-likeness (QED) is 0.713. The Morgan fingerprint density at radius 2 is 2.08 bits per heavy atom. The smallest absolute Gasteiger partial charge is 0.169 e. The Hall–Kier alpha value is -0.930. The molecule has 66 valence electrons. The largest absolute Gasteiger partial charge is 0.236 e. The van der Waals surface area contributed by atoms with E-state index in [1.165, 1.54) is 0 Å². The number of halogens is 1. The van der Waals surface area contributed by atoms with E-state index in [0.717, 1.165) is 16.3 Å². The number of aromatic nitrogens is 2. The molecule has 0 amide bonds. The van der Waals surface area contributed by atoms with Crippen molar-refractivity contribution in [2.24, 2.45) is 0 Å². The third-order valence-electron chi connectivity index (χ3n) is 1.59. The maximum Gasteiger partial charge on any atom is 0.169 e. The van der Waals surface area contributed by atoms with Crippen molar-refractivity contribution in [1.29, 1.82) is 0 Å². The van der Waals surface area contributed by atoms with Gasteiger partial charge in [0, 0.05) is 18.3 Å². The second kappa shape index (κ2) is 3.85. The summed E-state index contributed by atoms with van der Waals surface area (Å²) in [6, 6.07) is 3.83. The van der Waals surface area contributed by atoms with Crippen molar-refractivity contribution < 1.29 is 0 Å². The predicted octanol–water partition coefficient (Wildman–Crippen LogP) is 2.94. The third-order valence-corrected chi connectivity index (χ3v) is 2.88. The highest BCUT2D eigenvalue weighted by atomic mass is 35.5. The molecular weight excluding hydrogens is 204 g/mol. The number of hydrogen-bond donors (Lipinski definition) is 0. The molecule has 0 spiro atoms. The normalized spacial score (nSPS) is 10.2. The minimum atomic E-state index is 0.545. The molecule has 0 fully saturated rings. The van der Waals surface area contributed by atoms with Gasteiger partial charge >= 0.3 is 0 Å². The van der Waals surface area contributed by atoms with Crippen LogP contribution in [0, 0.1) is 0 Å². The second-order valence-corrected chi connectivity index (χ2v) is 3.70. The van der Waals surface area contributed by atoms with Crippen LogP contribution in [0.1, 0.15) is 5.56 Å². The highest BCUT2D eigenvalue weighted by Crippen LogP contribution is 2.24. The van der Waals surface area contributed by atoms with Gasteiger partial charge < -0.3 is 0 Å². The molecule has 0 saturated heterocycles. The fraction of sp³-hybridized carbons (Fsp3) is 0.111. The molecule has 0 radical (unpaired) electrons. The van der Waals surface area contributed by atoms with Gasteiger partial charge in [-0.1, -0.05) is 0 Å². The van der Waals surface area contributed by atoms with Crippen molar-refractivity contribution in [3.05, 3.63) is 35.5 Å². The molecular formula is C9H7ClN2S. The van der Waals surface area contributed by atoms with Crippen LogP contribution in [0.25, 0.3) is 10.7 Å². The van der Waals surface area contributed by atoms with Crippen LogP contribution in [0.4, 0.5) is 0 Å². The SMILES string of the molecule is ClCc1csc(-c2ncccn2)c1. The number of thiophene rings is 1. The van der Waals surface area contributed by atoms with Gasteiger partial charge in [-0.15, -0.1) is 22.9 Å². The van der Waals surface area contributed by atoms with Crippen LogP contribution in [0.15, 0.2) is 29.9 Å². The summed E-state index contributed by atoms with van der Waals surface area (Å²) in [5.41, 5.74) is 1.12.